The Hall–Kier alpha value is -1.69. The number of aliphatic hydroxyl groups is 1. The molecular weight excluding hydrogens is 230 g/mol. The molecule has 0 bridgehead atoms. The smallest absolute Gasteiger partial charge is 0.138 e. The van der Waals surface area contributed by atoms with Crippen LogP contribution in [0.2, 0.25) is 0 Å². The van der Waals surface area contributed by atoms with Gasteiger partial charge in [-0.2, -0.15) is 10.2 Å². The largest absolute Gasteiger partial charge is 0.386 e. The van der Waals surface area contributed by atoms with E-state index < -0.39 is 6.10 Å². The Bertz CT molecular complexity index is 502. The Labute approximate surface area is 106 Å². The predicted molar refractivity (Wildman–Crippen MR) is 67.0 cm³/mol. The van der Waals surface area contributed by atoms with E-state index >= 15 is 0 Å². The van der Waals surface area contributed by atoms with E-state index in [1.165, 1.54) is 6.33 Å². The van der Waals surface area contributed by atoms with E-state index in [9.17, 15) is 5.11 Å². The first-order valence-corrected chi connectivity index (χ1v) is 6.21. The van der Waals surface area contributed by atoms with Crippen molar-refractivity contribution in [3.05, 3.63) is 30.1 Å². The zero-order chi connectivity index (χ0) is 13.1. The van der Waals surface area contributed by atoms with Gasteiger partial charge in [0, 0.05) is 25.2 Å². The molecule has 2 rings (SSSR count). The highest BCUT2D eigenvalue weighted by Crippen LogP contribution is 2.18. The quantitative estimate of drug-likeness (QED) is 0.868. The molecule has 0 fully saturated rings. The van der Waals surface area contributed by atoms with Crippen molar-refractivity contribution >= 4 is 0 Å². The monoisotopic (exact) mass is 249 g/mol. The second-order valence-electron chi connectivity index (χ2n) is 4.51. The van der Waals surface area contributed by atoms with Crippen molar-refractivity contribution in [3.63, 3.8) is 0 Å². The highest BCUT2D eigenvalue weighted by atomic mass is 16.3. The molecule has 98 valence electrons. The van der Waals surface area contributed by atoms with Crippen LogP contribution in [0.15, 0.2) is 18.6 Å². The molecule has 6 heteroatoms. The molecule has 1 unspecified atom stereocenters. The number of hydrogen-bond donors (Lipinski definition) is 1. The van der Waals surface area contributed by atoms with Crippen LogP contribution in [0, 0.1) is 0 Å². The van der Waals surface area contributed by atoms with Crippen molar-refractivity contribution in [2.24, 2.45) is 0 Å². The van der Waals surface area contributed by atoms with Gasteiger partial charge in [0.1, 0.15) is 18.3 Å². The Morgan fingerprint density at radius 2 is 2.11 bits per heavy atom. The first kappa shape index (κ1) is 12.8. The van der Waals surface area contributed by atoms with Gasteiger partial charge in [0.2, 0.25) is 0 Å². The zero-order valence-electron chi connectivity index (χ0n) is 11.0. The van der Waals surface area contributed by atoms with E-state index in [0.29, 0.717) is 6.42 Å². The van der Waals surface area contributed by atoms with E-state index in [4.69, 9.17) is 0 Å². The molecule has 2 heterocycles. The molecule has 0 saturated carbocycles. The molecule has 2 aromatic heterocycles. The lowest BCUT2D eigenvalue weighted by molar-refractivity contribution is 0.162. The summed E-state index contributed by atoms with van der Waals surface area (Å²) in [6.45, 7) is 6.83. The van der Waals surface area contributed by atoms with Crippen molar-refractivity contribution in [1.29, 1.82) is 0 Å². The van der Waals surface area contributed by atoms with Gasteiger partial charge in [0.25, 0.3) is 0 Å². The number of aromatic nitrogens is 5. The predicted octanol–water partition coefficient (Wildman–Crippen LogP) is 1.35. The van der Waals surface area contributed by atoms with Crippen LogP contribution in [0.3, 0.4) is 0 Å². The van der Waals surface area contributed by atoms with Crippen LogP contribution in [0.4, 0.5) is 0 Å². The van der Waals surface area contributed by atoms with Gasteiger partial charge in [-0.05, 0) is 26.8 Å². The fourth-order valence-electron chi connectivity index (χ4n) is 2.02. The normalized spacial score (nSPS) is 13.2. The summed E-state index contributed by atoms with van der Waals surface area (Å²) in [6, 6.07) is 2.08. The van der Waals surface area contributed by atoms with Crippen molar-refractivity contribution in [2.75, 3.05) is 0 Å². The molecule has 0 aliphatic heterocycles. The van der Waals surface area contributed by atoms with Crippen LogP contribution in [0.25, 0.3) is 0 Å². The molecule has 18 heavy (non-hydrogen) atoms. The van der Waals surface area contributed by atoms with Crippen molar-refractivity contribution in [1.82, 2.24) is 24.5 Å². The maximum atomic E-state index is 10.3. The van der Waals surface area contributed by atoms with Gasteiger partial charge in [-0.3, -0.25) is 4.68 Å². The SMILES string of the molecule is CCn1nccc1C(O)Cc1ncnn1C(C)C. The van der Waals surface area contributed by atoms with Crippen molar-refractivity contribution in [2.45, 2.75) is 45.9 Å². The van der Waals surface area contributed by atoms with E-state index in [1.807, 2.05) is 31.5 Å². The molecule has 2 aromatic rings. The number of hydrogen-bond acceptors (Lipinski definition) is 4. The third kappa shape index (κ3) is 2.43. The van der Waals surface area contributed by atoms with Gasteiger partial charge in [-0.25, -0.2) is 9.67 Å². The fourth-order valence-corrected chi connectivity index (χ4v) is 2.02. The lowest BCUT2D eigenvalue weighted by Crippen LogP contribution is -2.15. The first-order valence-electron chi connectivity index (χ1n) is 6.21. The molecule has 0 spiro atoms. The summed E-state index contributed by atoms with van der Waals surface area (Å²) in [5.74, 6) is 0.793. The summed E-state index contributed by atoms with van der Waals surface area (Å²) in [5.41, 5.74) is 0.816. The van der Waals surface area contributed by atoms with Crippen LogP contribution < -0.4 is 0 Å². The van der Waals surface area contributed by atoms with Crippen LogP contribution >= 0.6 is 0 Å². The van der Waals surface area contributed by atoms with Gasteiger partial charge >= 0.3 is 0 Å². The van der Waals surface area contributed by atoms with Gasteiger partial charge < -0.3 is 5.11 Å². The molecule has 0 aliphatic carbocycles. The number of aliphatic hydroxyl groups excluding tert-OH is 1. The minimum Gasteiger partial charge on any atom is -0.386 e. The number of rotatable bonds is 5. The molecule has 1 atom stereocenters. The van der Waals surface area contributed by atoms with Crippen LogP contribution in [0.5, 0.6) is 0 Å². The van der Waals surface area contributed by atoms with E-state index in [1.54, 1.807) is 10.9 Å². The van der Waals surface area contributed by atoms with E-state index in [2.05, 4.69) is 15.2 Å². The Balaban J connectivity index is 2.16. The van der Waals surface area contributed by atoms with Crippen LogP contribution in [-0.2, 0) is 13.0 Å². The third-order valence-electron chi connectivity index (χ3n) is 2.90. The summed E-state index contributed by atoms with van der Waals surface area (Å²) in [7, 11) is 0. The minimum absolute atomic E-state index is 0.241. The Morgan fingerprint density at radius 3 is 2.78 bits per heavy atom. The van der Waals surface area contributed by atoms with Crippen LogP contribution in [0.1, 0.15) is 44.4 Å². The molecule has 0 aromatic carbocycles. The topological polar surface area (TPSA) is 68.8 Å². The number of aryl methyl sites for hydroxylation is 1. The van der Waals surface area contributed by atoms with E-state index in [0.717, 1.165) is 18.1 Å². The molecule has 0 radical (unpaired) electrons. The summed E-state index contributed by atoms with van der Waals surface area (Å²) in [6.07, 6.45) is 3.08. The maximum Gasteiger partial charge on any atom is 0.138 e. The summed E-state index contributed by atoms with van der Waals surface area (Å²) in [4.78, 5) is 4.20. The average molecular weight is 249 g/mol. The lowest BCUT2D eigenvalue weighted by Gasteiger charge is -2.14. The van der Waals surface area contributed by atoms with Gasteiger partial charge in [-0.1, -0.05) is 0 Å². The third-order valence-corrected chi connectivity index (χ3v) is 2.90. The van der Waals surface area contributed by atoms with Crippen LogP contribution in [-0.4, -0.2) is 29.7 Å². The van der Waals surface area contributed by atoms with Crippen molar-refractivity contribution in [3.8, 4) is 0 Å². The lowest BCUT2D eigenvalue weighted by atomic mass is 10.1. The maximum absolute atomic E-state index is 10.3. The molecular formula is C12H19N5O. The molecule has 0 saturated heterocycles. The summed E-state index contributed by atoms with van der Waals surface area (Å²) < 4.78 is 3.62. The second-order valence-corrected chi connectivity index (χ2v) is 4.51. The molecule has 0 amide bonds. The molecule has 0 aliphatic rings. The van der Waals surface area contributed by atoms with Gasteiger partial charge in [0.05, 0.1) is 5.69 Å². The minimum atomic E-state index is -0.603. The van der Waals surface area contributed by atoms with Crippen molar-refractivity contribution < 1.29 is 5.11 Å². The van der Waals surface area contributed by atoms with Gasteiger partial charge in [0.15, 0.2) is 0 Å². The Morgan fingerprint density at radius 1 is 1.33 bits per heavy atom. The van der Waals surface area contributed by atoms with E-state index in [-0.39, 0.29) is 6.04 Å². The average Bonchev–Trinajstić information content (AvgIpc) is 2.96. The van der Waals surface area contributed by atoms with Gasteiger partial charge in [-0.15, -0.1) is 0 Å². The fraction of sp³-hybridized carbons (Fsp3) is 0.583. The first-order chi connectivity index (χ1) is 8.63. The highest BCUT2D eigenvalue weighted by Gasteiger charge is 2.17. The second kappa shape index (κ2) is 5.30. The Kier molecular flexibility index (Phi) is 3.76. The molecule has 6 nitrogen and oxygen atoms in total. The highest BCUT2D eigenvalue weighted by molar-refractivity contribution is 5.07. The molecule has 1 N–H and O–H groups in total. The summed E-state index contributed by atoms with van der Waals surface area (Å²) in [5, 5.41) is 18.6. The number of nitrogens with zero attached hydrogens (tertiary/aromatic N) is 5. The standard InChI is InChI=1S/C12H19N5O/c1-4-16-10(5-6-14-16)11(18)7-12-13-8-15-17(12)9(2)3/h5-6,8-9,11,18H,4,7H2,1-3H3. The summed E-state index contributed by atoms with van der Waals surface area (Å²) >= 11 is 0. The zero-order valence-corrected chi connectivity index (χ0v) is 11.0.